The van der Waals surface area contributed by atoms with Crippen LogP contribution in [0.3, 0.4) is 0 Å². The summed E-state index contributed by atoms with van der Waals surface area (Å²) in [5, 5.41) is 8.68. The van der Waals surface area contributed by atoms with E-state index in [9.17, 15) is 8.42 Å². The molecule has 0 saturated heterocycles. The van der Waals surface area contributed by atoms with Gasteiger partial charge in [-0.05, 0) is 39.0 Å². The zero-order valence-electron chi connectivity index (χ0n) is 11.5. The number of rotatable bonds is 5. The van der Waals surface area contributed by atoms with Crippen LogP contribution in [-0.4, -0.2) is 13.5 Å². The van der Waals surface area contributed by atoms with E-state index in [2.05, 4.69) is 4.72 Å². The minimum atomic E-state index is -3.77. The van der Waals surface area contributed by atoms with Crippen LogP contribution in [0, 0.1) is 13.8 Å². The highest BCUT2D eigenvalue weighted by molar-refractivity contribution is 7.89. The normalized spacial score (nSPS) is 13.6. The number of aliphatic hydroxyl groups is 1. The highest BCUT2D eigenvalue weighted by atomic mass is 32.2. The molecule has 0 aliphatic rings. The van der Waals surface area contributed by atoms with Crippen molar-refractivity contribution in [2.75, 3.05) is 0 Å². The molecular formula is C13H17NO5S. The van der Waals surface area contributed by atoms with Crippen molar-refractivity contribution in [3.63, 3.8) is 0 Å². The Balaban J connectivity index is 2.21. The third-order valence-electron chi connectivity index (χ3n) is 2.94. The summed E-state index contributed by atoms with van der Waals surface area (Å²) in [6, 6.07) is 4.09. The number of sulfonamides is 1. The molecule has 2 N–H and O–H groups in total. The van der Waals surface area contributed by atoms with Gasteiger partial charge in [-0.1, -0.05) is 0 Å². The van der Waals surface area contributed by atoms with E-state index in [4.69, 9.17) is 13.9 Å². The first-order chi connectivity index (χ1) is 9.33. The third kappa shape index (κ3) is 2.95. The maximum absolute atomic E-state index is 12.1. The van der Waals surface area contributed by atoms with Crippen LogP contribution >= 0.6 is 0 Å². The molecule has 2 aromatic heterocycles. The van der Waals surface area contributed by atoms with Crippen molar-refractivity contribution < 1.29 is 22.4 Å². The summed E-state index contributed by atoms with van der Waals surface area (Å²) in [7, 11) is -3.77. The molecule has 110 valence electrons. The quantitative estimate of drug-likeness (QED) is 0.881. The Labute approximate surface area is 117 Å². The molecule has 2 heterocycles. The third-order valence-corrected chi connectivity index (χ3v) is 4.35. The summed E-state index contributed by atoms with van der Waals surface area (Å²) in [6.45, 7) is 4.97. The molecule has 2 rings (SSSR count). The van der Waals surface area contributed by atoms with Crippen LogP contribution in [0.4, 0.5) is 0 Å². The lowest BCUT2D eigenvalue weighted by atomic mass is 10.1. The van der Waals surface area contributed by atoms with Crippen LogP contribution in [-0.2, 0) is 16.6 Å². The average molecular weight is 299 g/mol. The second-order valence-electron chi connectivity index (χ2n) is 4.59. The SMILES string of the molecule is Cc1cc(C(C)NS(=O)(=O)c2ccc(CO)o2)c(C)o1. The first kappa shape index (κ1) is 14.8. The minimum absolute atomic E-state index is 0.202. The van der Waals surface area contributed by atoms with Gasteiger partial charge in [0.2, 0.25) is 5.09 Å². The summed E-state index contributed by atoms with van der Waals surface area (Å²) in [5.74, 6) is 1.60. The van der Waals surface area contributed by atoms with Crippen LogP contribution in [0.2, 0.25) is 0 Å². The fourth-order valence-corrected chi connectivity index (χ4v) is 3.19. The fourth-order valence-electron chi connectivity index (χ4n) is 2.02. The molecule has 20 heavy (non-hydrogen) atoms. The summed E-state index contributed by atoms with van der Waals surface area (Å²) < 4.78 is 37.2. The number of aliphatic hydroxyl groups excluding tert-OH is 1. The van der Waals surface area contributed by atoms with E-state index in [-0.39, 0.29) is 17.5 Å². The molecule has 0 saturated carbocycles. The summed E-state index contributed by atoms with van der Waals surface area (Å²) in [5.41, 5.74) is 0.778. The van der Waals surface area contributed by atoms with Gasteiger partial charge in [-0.3, -0.25) is 0 Å². The van der Waals surface area contributed by atoms with Crippen molar-refractivity contribution in [1.82, 2.24) is 4.72 Å². The van der Waals surface area contributed by atoms with Gasteiger partial charge >= 0.3 is 0 Å². The van der Waals surface area contributed by atoms with E-state index in [1.807, 2.05) is 0 Å². The first-order valence-electron chi connectivity index (χ1n) is 6.12. The average Bonchev–Trinajstić information content (AvgIpc) is 2.95. The molecule has 0 bridgehead atoms. The number of hydrogen-bond acceptors (Lipinski definition) is 5. The molecule has 7 heteroatoms. The van der Waals surface area contributed by atoms with E-state index >= 15 is 0 Å². The van der Waals surface area contributed by atoms with Gasteiger partial charge in [-0.25, -0.2) is 13.1 Å². The molecule has 1 unspecified atom stereocenters. The topological polar surface area (TPSA) is 92.7 Å². The molecule has 2 aromatic rings. The molecule has 1 atom stereocenters. The van der Waals surface area contributed by atoms with Gasteiger partial charge in [-0.2, -0.15) is 0 Å². The van der Waals surface area contributed by atoms with Crippen molar-refractivity contribution >= 4 is 10.0 Å². The summed E-state index contributed by atoms with van der Waals surface area (Å²) in [6.07, 6.45) is 0. The van der Waals surface area contributed by atoms with Crippen LogP contribution < -0.4 is 4.72 Å². The lowest BCUT2D eigenvalue weighted by molar-refractivity contribution is 0.236. The second kappa shape index (κ2) is 5.43. The lowest BCUT2D eigenvalue weighted by Crippen LogP contribution is -2.26. The van der Waals surface area contributed by atoms with Crippen LogP contribution in [0.5, 0.6) is 0 Å². The van der Waals surface area contributed by atoms with E-state index in [0.29, 0.717) is 5.76 Å². The van der Waals surface area contributed by atoms with Crippen molar-refractivity contribution in [3.05, 3.63) is 41.0 Å². The van der Waals surface area contributed by atoms with Crippen molar-refractivity contribution in [1.29, 1.82) is 0 Å². The van der Waals surface area contributed by atoms with E-state index < -0.39 is 16.1 Å². The van der Waals surface area contributed by atoms with Gasteiger partial charge < -0.3 is 13.9 Å². The highest BCUT2D eigenvalue weighted by Gasteiger charge is 2.23. The highest BCUT2D eigenvalue weighted by Crippen LogP contribution is 2.23. The van der Waals surface area contributed by atoms with Crippen molar-refractivity contribution in [2.45, 2.75) is 38.5 Å². The molecule has 0 aliphatic heterocycles. The molecule has 0 fully saturated rings. The molecule has 6 nitrogen and oxygen atoms in total. The van der Waals surface area contributed by atoms with E-state index in [1.54, 1.807) is 26.8 Å². The summed E-state index contributed by atoms with van der Waals surface area (Å²) >= 11 is 0. The summed E-state index contributed by atoms with van der Waals surface area (Å²) in [4.78, 5) is 0. The fraction of sp³-hybridized carbons (Fsp3) is 0.385. The number of hydrogen-bond donors (Lipinski definition) is 2. The van der Waals surface area contributed by atoms with Gasteiger partial charge in [0.25, 0.3) is 10.0 Å². The molecule has 0 radical (unpaired) electrons. The first-order valence-corrected chi connectivity index (χ1v) is 7.60. The monoisotopic (exact) mass is 299 g/mol. The Morgan fingerprint density at radius 2 is 2.00 bits per heavy atom. The lowest BCUT2D eigenvalue weighted by Gasteiger charge is -2.12. The Bertz CT molecular complexity index is 698. The van der Waals surface area contributed by atoms with E-state index in [0.717, 1.165) is 11.3 Å². The van der Waals surface area contributed by atoms with Crippen molar-refractivity contribution in [3.8, 4) is 0 Å². The van der Waals surface area contributed by atoms with Gasteiger partial charge in [0.15, 0.2) is 0 Å². The van der Waals surface area contributed by atoms with Gasteiger partial charge in [-0.15, -0.1) is 0 Å². The maximum Gasteiger partial charge on any atom is 0.274 e. The second-order valence-corrected chi connectivity index (χ2v) is 6.24. The van der Waals surface area contributed by atoms with Gasteiger partial charge in [0, 0.05) is 11.6 Å². The molecular weight excluding hydrogens is 282 g/mol. The maximum atomic E-state index is 12.1. The predicted octanol–water partition coefficient (Wildman–Crippen LogP) is 2.02. The van der Waals surface area contributed by atoms with Gasteiger partial charge in [0.1, 0.15) is 23.9 Å². The van der Waals surface area contributed by atoms with E-state index in [1.165, 1.54) is 12.1 Å². The number of furan rings is 2. The largest absolute Gasteiger partial charge is 0.466 e. The standard InChI is InChI=1S/C13H17NO5S/c1-8-6-12(10(3)18-8)9(2)14-20(16,17)13-5-4-11(7-15)19-13/h4-6,9,14-15H,7H2,1-3H3. The van der Waals surface area contributed by atoms with Crippen LogP contribution in [0.25, 0.3) is 0 Å². The number of nitrogens with one attached hydrogen (secondary N) is 1. The molecule has 0 aliphatic carbocycles. The Kier molecular flexibility index (Phi) is 4.03. The zero-order valence-corrected chi connectivity index (χ0v) is 12.3. The smallest absolute Gasteiger partial charge is 0.274 e. The minimum Gasteiger partial charge on any atom is -0.466 e. The predicted molar refractivity (Wildman–Crippen MR) is 71.5 cm³/mol. The Morgan fingerprint density at radius 1 is 1.30 bits per heavy atom. The Hall–Kier alpha value is -1.57. The zero-order chi connectivity index (χ0) is 14.9. The molecule has 0 spiro atoms. The Morgan fingerprint density at radius 3 is 2.50 bits per heavy atom. The number of aryl methyl sites for hydroxylation is 2. The van der Waals surface area contributed by atoms with Crippen LogP contribution in [0.1, 0.15) is 35.8 Å². The van der Waals surface area contributed by atoms with Crippen LogP contribution in [0.15, 0.2) is 32.1 Å². The van der Waals surface area contributed by atoms with Gasteiger partial charge in [0.05, 0.1) is 0 Å². The molecule has 0 aromatic carbocycles. The van der Waals surface area contributed by atoms with Crippen molar-refractivity contribution in [2.24, 2.45) is 0 Å². The molecule has 0 amide bonds.